The van der Waals surface area contributed by atoms with Crippen LogP contribution in [0.1, 0.15) is 102 Å². The number of rotatable bonds is 7. The number of carboxylic acid groups (broad SMARTS) is 1. The van der Waals surface area contributed by atoms with Crippen LogP contribution in [-0.4, -0.2) is 78.5 Å². The Hall–Kier alpha value is -4.52. The molecule has 2 aromatic heterocycles. The van der Waals surface area contributed by atoms with Crippen molar-refractivity contribution in [3.63, 3.8) is 0 Å². The number of aromatic nitrogens is 4. The Morgan fingerprint density at radius 2 is 1.33 bits per heavy atom. The van der Waals surface area contributed by atoms with Gasteiger partial charge in [-0.1, -0.05) is 75.9 Å². The minimum Gasteiger partial charge on any atom is -0.481 e. The number of aliphatic carboxylic acids is 1. The first-order valence-electron chi connectivity index (χ1n) is 19.2. The van der Waals surface area contributed by atoms with Crippen LogP contribution in [-0.2, 0) is 44.8 Å². The van der Waals surface area contributed by atoms with Gasteiger partial charge in [-0.05, 0) is 56.6 Å². The standard InChI is InChI=1S/C32H37ClN8O2.C7H12O2.C2H6/c1-6-41-16-14-27-25(18-41)35-29(40(27)5)31(42)36-22-11-7-9-20(19(22)2)21-10-8-12-23(28(21)33)37-32(43)30-34-24-17-38(3)15-13-26(24)39(30)4;8-7(9)6-4-2-1-3-5-6;1-2/h7-12H,6,13-18H2,1-5H3,(H,36,42)(H,37,43);6H,1-5H2,(H,8,9);1-2H3. The molecule has 3 aliphatic rings. The molecule has 0 spiro atoms. The summed E-state index contributed by atoms with van der Waals surface area (Å²) in [4.78, 5) is 50.9. The van der Waals surface area contributed by atoms with E-state index in [1.807, 2.05) is 74.3 Å². The second kappa shape index (κ2) is 18.2. The molecule has 2 amide bonds. The van der Waals surface area contributed by atoms with Crippen molar-refractivity contribution in [2.24, 2.45) is 20.0 Å². The molecule has 1 fully saturated rings. The lowest BCUT2D eigenvalue weighted by Crippen LogP contribution is -2.30. The summed E-state index contributed by atoms with van der Waals surface area (Å²) >= 11 is 6.91. The smallest absolute Gasteiger partial charge is 0.306 e. The highest BCUT2D eigenvalue weighted by molar-refractivity contribution is 6.36. The van der Waals surface area contributed by atoms with Crippen LogP contribution in [0.3, 0.4) is 0 Å². The summed E-state index contributed by atoms with van der Waals surface area (Å²) in [7, 11) is 5.84. The molecule has 54 heavy (non-hydrogen) atoms. The average Bonchev–Trinajstić information content (AvgIpc) is 3.69. The SMILES string of the molecule is CC.CCN1CCc2c(nc(C(=O)Nc3cccc(-c4cccc(NC(=O)c5nc6c(n5C)CCN(C)C6)c4Cl)c3C)n2C)C1.O=C(O)C1CCCCC1. The van der Waals surface area contributed by atoms with Crippen molar-refractivity contribution in [3.8, 4) is 11.1 Å². The van der Waals surface area contributed by atoms with Crippen molar-refractivity contribution in [2.75, 3.05) is 37.3 Å². The molecule has 0 saturated heterocycles. The van der Waals surface area contributed by atoms with Crippen LogP contribution in [0.25, 0.3) is 11.1 Å². The number of anilines is 2. The number of hydrogen-bond donors (Lipinski definition) is 3. The zero-order valence-corrected chi connectivity index (χ0v) is 33.5. The Morgan fingerprint density at radius 3 is 1.91 bits per heavy atom. The second-order valence-electron chi connectivity index (χ2n) is 14.1. The van der Waals surface area contributed by atoms with E-state index < -0.39 is 5.97 Å². The van der Waals surface area contributed by atoms with Gasteiger partial charge in [0.15, 0.2) is 11.6 Å². The van der Waals surface area contributed by atoms with Crippen LogP contribution in [0.5, 0.6) is 0 Å². The number of hydrogen-bond acceptors (Lipinski definition) is 7. The first kappa shape index (κ1) is 40.7. The van der Waals surface area contributed by atoms with Crippen LogP contribution in [0.4, 0.5) is 11.4 Å². The van der Waals surface area contributed by atoms with Crippen LogP contribution in [0.2, 0.25) is 5.02 Å². The quantitative estimate of drug-likeness (QED) is 0.178. The summed E-state index contributed by atoms with van der Waals surface area (Å²) < 4.78 is 3.79. The third kappa shape index (κ3) is 8.88. The van der Waals surface area contributed by atoms with E-state index >= 15 is 0 Å². The van der Waals surface area contributed by atoms with Crippen molar-refractivity contribution in [3.05, 3.63) is 81.4 Å². The fraction of sp³-hybridized carbons (Fsp3) is 0.488. The zero-order chi connectivity index (χ0) is 39.1. The molecular weight excluding hydrogens is 704 g/mol. The lowest BCUT2D eigenvalue weighted by atomic mass is 9.90. The Bertz CT molecular complexity index is 1980. The Labute approximate surface area is 323 Å². The molecule has 2 aliphatic heterocycles. The number of nitrogens with one attached hydrogen (secondary N) is 2. The first-order chi connectivity index (χ1) is 26.0. The van der Waals surface area contributed by atoms with Crippen molar-refractivity contribution in [2.45, 2.75) is 85.7 Å². The lowest BCUT2D eigenvalue weighted by Gasteiger charge is -2.24. The van der Waals surface area contributed by atoms with Gasteiger partial charge in [0, 0.05) is 75.8 Å². The maximum absolute atomic E-state index is 13.4. The van der Waals surface area contributed by atoms with Gasteiger partial charge in [-0.2, -0.15) is 0 Å². The zero-order valence-electron chi connectivity index (χ0n) is 32.8. The molecule has 1 aliphatic carbocycles. The number of halogens is 1. The third-order valence-electron chi connectivity index (χ3n) is 10.7. The maximum atomic E-state index is 13.4. The van der Waals surface area contributed by atoms with Crippen molar-refractivity contribution < 1.29 is 19.5 Å². The number of fused-ring (bicyclic) bond motifs is 2. The fourth-order valence-corrected chi connectivity index (χ4v) is 7.80. The molecule has 7 rings (SSSR count). The Morgan fingerprint density at radius 1 is 0.796 bits per heavy atom. The summed E-state index contributed by atoms with van der Waals surface area (Å²) in [5.41, 5.74) is 7.74. The van der Waals surface area contributed by atoms with Crippen LogP contribution >= 0.6 is 11.6 Å². The lowest BCUT2D eigenvalue weighted by molar-refractivity contribution is -0.142. The van der Waals surface area contributed by atoms with E-state index in [2.05, 4.69) is 39.4 Å². The molecule has 0 atom stereocenters. The van der Waals surface area contributed by atoms with Gasteiger partial charge in [-0.15, -0.1) is 0 Å². The predicted molar refractivity (Wildman–Crippen MR) is 214 cm³/mol. The highest BCUT2D eigenvalue weighted by Gasteiger charge is 2.27. The largest absolute Gasteiger partial charge is 0.481 e. The second-order valence-corrected chi connectivity index (χ2v) is 14.5. The van der Waals surface area contributed by atoms with Crippen molar-refractivity contribution in [1.29, 1.82) is 0 Å². The number of nitrogens with zero attached hydrogens (tertiary/aromatic N) is 6. The Kier molecular flexibility index (Phi) is 13.7. The van der Waals surface area contributed by atoms with E-state index in [1.54, 1.807) is 6.07 Å². The summed E-state index contributed by atoms with van der Waals surface area (Å²) in [5.74, 6) is -0.431. The molecule has 0 bridgehead atoms. The van der Waals surface area contributed by atoms with Gasteiger partial charge in [0.2, 0.25) is 0 Å². The third-order valence-corrected chi connectivity index (χ3v) is 11.1. The van der Waals surface area contributed by atoms with E-state index in [4.69, 9.17) is 21.7 Å². The maximum Gasteiger partial charge on any atom is 0.306 e. The topological polar surface area (TPSA) is 138 Å². The molecule has 0 unspecified atom stereocenters. The Balaban J connectivity index is 0.000000443. The van der Waals surface area contributed by atoms with Gasteiger partial charge in [0.25, 0.3) is 11.8 Å². The molecule has 4 heterocycles. The van der Waals surface area contributed by atoms with E-state index in [9.17, 15) is 14.4 Å². The van der Waals surface area contributed by atoms with Gasteiger partial charge in [-0.3, -0.25) is 19.3 Å². The molecule has 290 valence electrons. The predicted octanol–water partition coefficient (Wildman–Crippen LogP) is 7.33. The number of likely N-dealkylation sites (N-methyl/N-ethyl adjacent to an activating group) is 2. The van der Waals surface area contributed by atoms with E-state index in [0.29, 0.717) is 28.0 Å². The molecule has 13 heteroatoms. The fourth-order valence-electron chi connectivity index (χ4n) is 7.52. The number of amides is 2. The van der Waals surface area contributed by atoms with Crippen LogP contribution in [0.15, 0.2) is 36.4 Å². The van der Waals surface area contributed by atoms with Gasteiger partial charge in [0.1, 0.15) is 0 Å². The minimum absolute atomic E-state index is 0.0289. The number of imidazole rings is 2. The van der Waals surface area contributed by atoms with Gasteiger partial charge in [0.05, 0.1) is 28.0 Å². The highest BCUT2D eigenvalue weighted by Crippen LogP contribution is 2.38. The minimum atomic E-state index is -0.602. The summed E-state index contributed by atoms with van der Waals surface area (Å²) in [5, 5.41) is 15.0. The van der Waals surface area contributed by atoms with Gasteiger partial charge >= 0.3 is 5.97 Å². The monoisotopic (exact) mass is 758 g/mol. The first-order valence-corrected chi connectivity index (χ1v) is 19.6. The van der Waals surface area contributed by atoms with E-state index in [-0.39, 0.29) is 17.7 Å². The molecular formula is C41H55ClN8O4. The van der Waals surface area contributed by atoms with Crippen LogP contribution < -0.4 is 10.6 Å². The highest BCUT2D eigenvalue weighted by atomic mass is 35.5. The van der Waals surface area contributed by atoms with Gasteiger partial charge in [-0.25, -0.2) is 9.97 Å². The van der Waals surface area contributed by atoms with E-state index in [1.165, 1.54) is 6.42 Å². The van der Waals surface area contributed by atoms with E-state index in [0.717, 1.165) is 111 Å². The average molecular weight is 759 g/mol. The summed E-state index contributed by atoms with van der Waals surface area (Å²) in [6.07, 6.45) is 6.97. The number of carboxylic acids is 1. The van der Waals surface area contributed by atoms with Crippen LogP contribution in [0, 0.1) is 12.8 Å². The molecule has 4 aromatic rings. The number of carbonyl (C=O) groups excluding carboxylic acids is 2. The van der Waals surface area contributed by atoms with Crippen molar-refractivity contribution >= 4 is 40.8 Å². The molecule has 2 aromatic carbocycles. The summed E-state index contributed by atoms with van der Waals surface area (Å²) in [6, 6.07) is 11.3. The van der Waals surface area contributed by atoms with Crippen molar-refractivity contribution in [1.82, 2.24) is 28.9 Å². The molecule has 12 nitrogen and oxygen atoms in total. The summed E-state index contributed by atoms with van der Waals surface area (Å²) in [6.45, 7) is 12.4. The van der Waals surface area contributed by atoms with Gasteiger partial charge < -0.3 is 29.8 Å². The number of benzene rings is 2. The molecule has 1 saturated carbocycles. The normalized spacial score (nSPS) is 15.9. The molecule has 0 radical (unpaired) electrons. The number of carbonyl (C=O) groups is 3. The molecule has 3 N–H and O–H groups in total.